The van der Waals surface area contributed by atoms with Crippen LogP contribution in [0.1, 0.15) is 25.0 Å². The van der Waals surface area contributed by atoms with Gasteiger partial charge in [0, 0.05) is 18.9 Å². The second-order valence-corrected chi connectivity index (χ2v) is 3.90. The van der Waals surface area contributed by atoms with Crippen molar-refractivity contribution in [1.29, 1.82) is 0 Å². The summed E-state index contributed by atoms with van der Waals surface area (Å²) < 4.78 is 4.04. The fraction of sp³-hybridized carbons (Fsp3) is 0.545. The number of rotatable bonds is 6. The fourth-order valence-corrected chi connectivity index (χ4v) is 1.77. The van der Waals surface area contributed by atoms with E-state index in [9.17, 15) is 0 Å². The van der Waals surface area contributed by atoms with Gasteiger partial charge in [0.05, 0.1) is 13.1 Å². The Balaban J connectivity index is 2.13. The topological polar surface area (TPSA) is 60.6 Å². The molecule has 0 saturated heterocycles. The van der Waals surface area contributed by atoms with Crippen molar-refractivity contribution >= 4 is 0 Å². The van der Waals surface area contributed by atoms with Gasteiger partial charge in [0.1, 0.15) is 18.0 Å². The predicted octanol–water partition coefficient (Wildman–Crippen LogP) is 0.652. The first-order valence-corrected chi connectivity index (χ1v) is 5.86. The van der Waals surface area contributed by atoms with Gasteiger partial charge in [-0.2, -0.15) is 5.10 Å². The first-order chi connectivity index (χ1) is 8.35. The Morgan fingerprint density at radius 3 is 2.94 bits per heavy atom. The Hall–Kier alpha value is -1.69. The van der Waals surface area contributed by atoms with Crippen molar-refractivity contribution in [1.82, 2.24) is 29.6 Å². The van der Waals surface area contributed by atoms with Gasteiger partial charge in [0.2, 0.25) is 0 Å². The zero-order valence-corrected chi connectivity index (χ0v) is 10.3. The Kier molecular flexibility index (Phi) is 3.87. The largest absolute Gasteiger partial charge is 0.326 e. The second kappa shape index (κ2) is 5.58. The summed E-state index contributed by atoms with van der Waals surface area (Å²) in [6.07, 6.45) is 6.45. The van der Waals surface area contributed by atoms with Crippen molar-refractivity contribution in [2.24, 2.45) is 0 Å². The van der Waals surface area contributed by atoms with E-state index in [2.05, 4.69) is 31.9 Å². The lowest BCUT2D eigenvalue weighted by atomic mass is 10.4. The van der Waals surface area contributed by atoms with Gasteiger partial charge in [-0.3, -0.25) is 0 Å². The highest BCUT2D eigenvalue weighted by molar-refractivity contribution is 4.97. The van der Waals surface area contributed by atoms with Crippen LogP contribution in [-0.2, 0) is 19.6 Å². The molecular weight excluding hydrogens is 216 g/mol. The summed E-state index contributed by atoms with van der Waals surface area (Å²) in [4.78, 5) is 8.60. The normalized spacial score (nSPS) is 10.9. The third-order valence-corrected chi connectivity index (χ3v) is 2.58. The van der Waals surface area contributed by atoms with Crippen LogP contribution in [0.5, 0.6) is 0 Å². The maximum absolute atomic E-state index is 4.31. The van der Waals surface area contributed by atoms with E-state index in [4.69, 9.17) is 0 Å². The van der Waals surface area contributed by atoms with E-state index in [1.54, 1.807) is 6.33 Å². The molecule has 0 aliphatic heterocycles. The van der Waals surface area contributed by atoms with Crippen LogP contribution in [0.2, 0.25) is 0 Å². The molecule has 17 heavy (non-hydrogen) atoms. The predicted molar refractivity (Wildman–Crippen MR) is 64.4 cm³/mol. The van der Waals surface area contributed by atoms with Crippen molar-refractivity contribution in [3.05, 3.63) is 30.4 Å². The molecule has 0 atom stereocenters. The van der Waals surface area contributed by atoms with Crippen molar-refractivity contribution in [3.63, 3.8) is 0 Å². The molecule has 0 aliphatic rings. The van der Waals surface area contributed by atoms with E-state index in [-0.39, 0.29) is 0 Å². The molecule has 0 unspecified atom stereocenters. The van der Waals surface area contributed by atoms with E-state index in [0.717, 1.165) is 37.7 Å². The van der Waals surface area contributed by atoms with Crippen LogP contribution in [0.3, 0.4) is 0 Å². The highest BCUT2D eigenvalue weighted by atomic mass is 15.3. The summed E-state index contributed by atoms with van der Waals surface area (Å²) >= 11 is 0. The molecule has 2 rings (SSSR count). The molecule has 6 nitrogen and oxygen atoms in total. The average Bonchev–Trinajstić information content (AvgIpc) is 2.92. The molecule has 0 amide bonds. The SMILES string of the molecule is CCCn1ncnc1Cn1ccnc1CNC. The zero-order chi connectivity index (χ0) is 12.1. The van der Waals surface area contributed by atoms with Gasteiger partial charge in [-0.05, 0) is 13.5 Å². The molecule has 2 aromatic heterocycles. The summed E-state index contributed by atoms with van der Waals surface area (Å²) in [7, 11) is 1.92. The van der Waals surface area contributed by atoms with E-state index >= 15 is 0 Å². The second-order valence-electron chi connectivity index (χ2n) is 3.90. The molecule has 0 radical (unpaired) electrons. The number of aromatic nitrogens is 5. The van der Waals surface area contributed by atoms with Crippen LogP contribution >= 0.6 is 0 Å². The van der Waals surface area contributed by atoms with Crippen LogP contribution in [0.4, 0.5) is 0 Å². The van der Waals surface area contributed by atoms with Crippen molar-refractivity contribution in [3.8, 4) is 0 Å². The molecule has 92 valence electrons. The maximum Gasteiger partial charge on any atom is 0.146 e. The third kappa shape index (κ3) is 2.71. The summed E-state index contributed by atoms with van der Waals surface area (Å²) in [6.45, 7) is 4.52. The van der Waals surface area contributed by atoms with Gasteiger partial charge in [-0.25, -0.2) is 14.6 Å². The molecule has 0 saturated carbocycles. The lowest BCUT2D eigenvalue weighted by Crippen LogP contribution is -2.15. The van der Waals surface area contributed by atoms with Crippen LogP contribution in [0.25, 0.3) is 0 Å². The number of hydrogen-bond donors (Lipinski definition) is 1. The number of nitrogens with one attached hydrogen (secondary N) is 1. The van der Waals surface area contributed by atoms with Gasteiger partial charge >= 0.3 is 0 Å². The minimum Gasteiger partial charge on any atom is -0.326 e. The molecule has 0 spiro atoms. The molecule has 0 fully saturated rings. The molecule has 2 heterocycles. The van der Waals surface area contributed by atoms with Crippen LogP contribution in [0, 0.1) is 0 Å². The van der Waals surface area contributed by atoms with Crippen LogP contribution < -0.4 is 5.32 Å². The molecule has 0 bridgehead atoms. The van der Waals surface area contributed by atoms with Gasteiger partial charge in [-0.1, -0.05) is 6.92 Å². The van der Waals surface area contributed by atoms with Crippen LogP contribution in [0.15, 0.2) is 18.7 Å². The molecular formula is C11H18N6. The van der Waals surface area contributed by atoms with E-state index in [1.807, 2.05) is 24.1 Å². The van der Waals surface area contributed by atoms with Crippen LogP contribution in [-0.4, -0.2) is 31.4 Å². The Labute approximate surface area is 101 Å². The van der Waals surface area contributed by atoms with Crippen molar-refractivity contribution < 1.29 is 0 Å². The highest BCUT2D eigenvalue weighted by Crippen LogP contribution is 2.03. The zero-order valence-electron chi connectivity index (χ0n) is 10.3. The number of hydrogen-bond acceptors (Lipinski definition) is 4. The Morgan fingerprint density at radius 1 is 1.29 bits per heavy atom. The summed E-state index contributed by atoms with van der Waals surface area (Å²) in [6, 6.07) is 0. The number of aryl methyl sites for hydroxylation is 1. The summed E-state index contributed by atoms with van der Waals surface area (Å²) in [5.41, 5.74) is 0. The van der Waals surface area contributed by atoms with E-state index < -0.39 is 0 Å². The first-order valence-electron chi connectivity index (χ1n) is 5.86. The van der Waals surface area contributed by atoms with Gasteiger partial charge in [0.25, 0.3) is 0 Å². The summed E-state index contributed by atoms with van der Waals surface area (Å²) in [5, 5.41) is 7.32. The maximum atomic E-state index is 4.31. The number of imidazole rings is 1. The van der Waals surface area contributed by atoms with Crippen molar-refractivity contribution in [2.45, 2.75) is 33.0 Å². The average molecular weight is 234 g/mol. The Bertz CT molecular complexity index is 416. The van der Waals surface area contributed by atoms with Gasteiger partial charge in [-0.15, -0.1) is 0 Å². The Morgan fingerprint density at radius 2 is 2.18 bits per heavy atom. The standard InChI is InChI=1S/C11H18N6/c1-3-5-17-11(14-9-15-17)8-16-6-4-13-10(16)7-12-2/h4,6,9,12H,3,5,7-8H2,1-2H3. The van der Waals surface area contributed by atoms with E-state index in [0.29, 0.717) is 0 Å². The minimum absolute atomic E-state index is 0.719. The fourth-order valence-electron chi connectivity index (χ4n) is 1.77. The molecule has 6 heteroatoms. The van der Waals surface area contributed by atoms with E-state index in [1.165, 1.54) is 0 Å². The number of nitrogens with zero attached hydrogens (tertiary/aromatic N) is 5. The molecule has 0 aromatic carbocycles. The monoisotopic (exact) mass is 234 g/mol. The minimum atomic E-state index is 0.719. The highest BCUT2D eigenvalue weighted by Gasteiger charge is 2.07. The lowest BCUT2D eigenvalue weighted by molar-refractivity contribution is 0.545. The quantitative estimate of drug-likeness (QED) is 0.797. The molecule has 1 N–H and O–H groups in total. The summed E-state index contributed by atoms with van der Waals surface area (Å²) in [5.74, 6) is 1.99. The first kappa shape index (κ1) is 11.8. The smallest absolute Gasteiger partial charge is 0.146 e. The lowest BCUT2D eigenvalue weighted by Gasteiger charge is -2.08. The third-order valence-electron chi connectivity index (χ3n) is 2.58. The van der Waals surface area contributed by atoms with Crippen molar-refractivity contribution in [2.75, 3.05) is 7.05 Å². The van der Waals surface area contributed by atoms with Gasteiger partial charge in [0.15, 0.2) is 0 Å². The van der Waals surface area contributed by atoms with Gasteiger partial charge < -0.3 is 9.88 Å². The molecule has 2 aromatic rings. The molecule has 0 aliphatic carbocycles.